The minimum absolute atomic E-state index is 0. The van der Waals surface area contributed by atoms with Crippen molar-refractivity contribution >= 4 is 11.0 Å². The van der Waals surface area contributed by atoms with Gasteiger partial charge in [0.1, 0.15) is 11.6 Å². The second-order valence-corrected chi connectivity index (χ2v) is 16.7. The van der Waals surface area contributed by atoms with E-state index in [0.29, 0.717) is 11.4 Å². The van der Waals surface area contributed by atoms with Crippen LogP contribution in [0.5, 0.6) is 5.75 Å². The molecule has 1 N–H and O–H groups in total. The Balaban J connectivity index is 0.00000562. The van der Waals surface area contributed by atoms with Gasteiger partial charge in [-0.1, -0.05) is 190 Å². The number of hydrogen-bond acceptors (Lipinski definition) is 3. The first-order chi connectivity index (χ1) is 31.9. The molecule has 2 heterocycles. The number of phenolic OH excluding ortho intramolecular Hbond substituents is 1. The summed E-state index contributed by atoms with van der Waals surface area (Å²) >= 11 is 0. The number of imidazole rings is 1. The van der Waals surface area contributed by atoms with E-state index in [9.17, 15) is 5.11 Å². The number of benzene rings is 8. The Kier molecular flexibility index (Phi) is 11.6. The number of aromatic nitrogens is 3. The zero-order valence-electron chi connectivity index (χ0n) is 38.7. The summed E-state index contributed by atoms with van der Waals surface area (Å²) in [6, 6.07) is 69.5. The molecular formula is C60H48N3OPt-. The topological polar surface area (TPSA) is 50.9 Å². The van der Waals surface area contributed by atoms with Gasteiger partial charge in [0.25, 0.3) is 0 Å². The van der Waals surface area contributed by atoms with Crippen LogP contribution in [0, 0.1) is 6.07 Å². The van der Waals surface area contributed by atoms with E-state index in [-0.39, 0.29) is 26.8 Å². The Hall–Kier alpha value is -7.13. The Morgan fingerprint density at radius 1 is 0.508 bits per heavy atom. The molecule has 2 aromatic heterocycles. The smallest absolute Gasteiger partial charge is 0.148 e. The fraction of sp³-hybridized carbons (Fsp3) is 0.100. The molecule has 0 aliphatic carbocycles. The number of pyridine rings is 1. The Morgan fingerprint density at radius 3 is 1.69 bits per heavy atom. The van der Waals surface area contributed by atoms with Crippen molar-refractivity contribution < 1.29 is 28.9 Å². The van der Waals surface area contributed by atoms with Crippen molar-refractivity contribution in [3.8, 4) is 89.7 Å². The summed E-state index contributed by atoms with van der Waals surface area (Å²) in [6.45, 7) is 7.57. The van der Waals surface area contributed by atoms with Crippen LogP contribution >= 0.6 is 0 Å². The summed E-state index contributed by atoms with van der Waals surface area (Å²) in [6.07, 6.45) is 1.87. The second kappa shape index (κ2) is 18.5. The van der Waals surface area contributed by atoms with Crippen LogP contribution in [0.1, 0.15) is 53.4 Å². The monoisotopic (exact) mass is 1020 g/mol. The number of fused-ring (bicyclic) bond motifs is 1. The van der Waals surface area contributed by atoms with Gasteiger partial charge >= 0.3 is 0 Å². The fourth-order valence-corrected chi connectivity index (χ4v) is 8.79. The van der Waals surface area contributed by atoms with E-state index in [1.54, 1.807) is 6.07 Å². The number of nitrogens with zero attached hydrogens (tertiary/aromatic N) is 3. The Morgan fingerprint density at radius 2 is 1.05 bits per heavy atom. The molecule has 0 saturated heterocycles. The Bertz CT molecular complexity index is 3340. The zero-order chi connectivity index (χ0) is 45.6. The van der Waals surface area contributed by atoms with Crippen LogP contribution in [-0.4, -0.2) is 19.6 Å². The van der Waals surface area contributed by atoms with Crippen LogP contribution in [0.3, 0.4) is 0 Å². The van der Waals surface area contributed by atoms with E-state index >= 15 is 0 Å². The summed E-state index contributed by atoms with van der Waals surface area (Å²) < 4.78 is 20.2. The van der Waals surface area contributed by atoms with Crippen molar-refractivity contribution in [2.75, 3.05) is 0 Å². The molecule has 0 fully saturated rings. The molecule has 0 aliphatic heterocycles. The summed E-state index contributed by atoms with van der Waals surface area (Å²) in [5.74, 6) is -1.04. The molecule has 65 heavy (non-hydrogen) atoms. The second-order valence-electron chi connectivity index (χ2n) is 16.7. The number of hydrogen-bond donors (Lipinski definition) is 1. The molecule has 0 amide bonds. The van der Waals surface area contributed by atoms with Gasteiger partial charge < -0.3 is 5.11 Å². The molecular weight excluding hydrogens is 974 g/mol. The SMILES string of the molecule is [2H]C(C)(C)c1cccc(C([2H])(C)C)c1-c1ccc(-n2c(-c3ccccc3O)nc3c(-c4[c-]c(-c5cc(-c6ccc(-c7ccccc7)cc6)ccn5)cc(-c5ccccc5)c4)cccc32)cc1.[Pt]. The first-order valence-corrected chi connectivity index (χ1v) is 21.7. The largest absolute Gasteiger partial charge is 0.507 e. The predicted octanol–water partition coefficient (Wildman–Crippen LogP) is 15.8. The first-order valence-electron chi connectivity index (χ1n) is 22.7. The molecule has 0 radical (unpaired) electrons. The van der Waals surface area contributed by atoms with Gasteiger partial charge in [0.2, 0.25) is 0 Å². The molecule has 5 heteroatoms. The minimum Gasteiger partial charge on any atom is -0.507 e. The predicted molar refractivity (Wildman–Crippen MR) is 266 cm³/mol. The van der Waals surface area contributed by atoms with E-state index in [1.165, 1.54) is 11.1 Å². The van der Waals surface area contributed by atoms with E-state index in [0.717, 1.165) is 83.6 Å². The van der Waals surface area contributed by atoms with Crippen molar-refractivity contribution in [1.29, 1.82) is 0 Å². The third-order valence-electron chi connectivity index (χ3n) is 12.0. The molecule has 0 saturated carbocycles. The van der Waals surface area contributed by atoms with Crippen LogP contribution in [0.15, 0.2) is 200 Å². The van der Waals surface area contributed by atoms with Gasteiger partial charge in [0.15, 0.2) is 0 Å². The Labute approximate surface area is 399 Å². The summed E-state index contributed by atoms with van der Waals surface area (Å²) in [7, 11) is 0. The van der Waals surface area contributed by atoms with E-state index in [1.807, 2.05) is 88.5 Å². The van der Waals surface area contributed by atoms with Crippen molar-refractivity contribution in [2.24, 2.45) is 0 Å². The minimum atomic E-state index is -0.882. The molecule has 0 spiro atoms. The molecule has 10 rings (SSSR count). The van der Waals surface area contributed by atoms with E-state index in [4.69, 9.17) is 12.7 Å². The van der Waals surface area contributed by atoms with Gasteiger partial charge in [-0.15, -0.1) is 23.8 Å². The standard InChI is InChI=1S/C60H48N3O.Pt/c1-39(2)51-20-13-21-52(40(3)4)58(51)45-29-31-50(32-30-45)63-56-23-14-22-53(59(56)62-60(63)54-19-11-12-24-57(54)64)48-35-47(42-17-9-6-10-18-42)36-49(37-48)55-38-46(33-34-61-55)44-27-25-43(26-28-44)41-15-7-5-8-16-41;/h5-36,38-40,64H,1-4H3;/q-1;/i39D,40D;. The van der Waals surface area contributed by atoms with Gasteiger partial charge in [-0.05, 0) is 98.3 Å². The molecule has 0 bridgehead atoms. The average molecular weight is 1020 g/mol. The van der Waals surface area contributed by atoms with Crippen LogP contribution in [0.2, 0.25) is 0 Å². The quantitative estimate of drug-likeness (QED) is 0.139. The van der Waals surface area contributed by atoms with Crippen molar-refractivity contribution in [2.45, 2.75) is 39.5 Å². The number of phenols is 1. The van der Waals surface area contributed by atoms with Crippen LogP contribution in [-0.2, 0) is 21.1 Å². The number of aromatic hydroxyl groups is 1. The van der Waals surface area contributed by atoms with Gasteiger partial charge in [-0.25, -0.2) is 4.98 Å². The molecule has 0 unspecified atom stereocenters. The van der Waals surface area contributed by atoms with Crippen molar-refractivity contribution in [3.63, 3.8) is 0 Å². The maximum absolute atomic E-state index is 11.3. The first kappa shape index (κ1) is 40.6. The van der Waals surface area contributed by atoms with E-state index in [2.05, 4.69) is 144 Å². The summed E-state index contributed by atoms with van der Waals surface area (Å²) in [5.41, 5.74) is 16.7. The molecule has 8 aromatic carbocycles. The third kappa shape index (κ3) is 8.51. The van der Waals surface area contributed by atoms with Gasteiger partial charge in [0.05, 0.1) is 16.6 Å². The van der Waals surface area contributed by atoms with Crippen molar-refractivity contribution in [3.05, 3.63) is 218 Å². The molecule has 0 atom stereocenters. The van der Waals surface area contributed by atoms with Gasteiger partial charge in [0, 0.05) is 41.4 Å². The maximum atomic E-state index is 11.3. The average Bonchev–Trinajstić information content (AvgIpc) is 3.73. The molecule has 4 nitrogen and oxygen atoms in total. The number of rotatable bonds is 10. The van der Waals surface area contributed by atoms with Crippen LogP contribution < -0.4 is 0 Å². The fourth-order valence-electron chi connectivity index (χ4n) is 8.79. The third-order valence-corrected chi connectivity index (χ3v) is 12.0. The molecule has 0 aliphatic rings. The molecule has 10 aromatic rings. The summed E-state index contributed by atoms with van der Waals surface area (Å²) in [4.78, 5) is 10.3. The van der Waals surface area contributed by atoms with E-state index < -0.39 is 11.8 Å². The zero-order valence-corrected chi connectivity index (χ0v) is 38.9. The van der Waals surface area contributed by atoms with Gasteiger partial charge in [-0.3, -0.25) is 9.55 Å². The van der Waals surface area contributed by atoms with Crippen LogP contribution in [0.4, 0.5) is 0 Å². The maximum Gasteiger partial charge on any atom is 0.148 e. The van der Waals surface area contributed by atoms with Gasteiger partial charge in [-0.2, -0.15) is 0 Å². The summed E-state index contributed by atoms with van der Waals surface area (Å²) in [5, 5.41) is 11.3. The number of para-hydroxylation sites is 2. The normalized spacial score (nSPS) is 12.1. The van der Waals surface area contributed by atoms with Crippen LogP contribution in [0.25, 0.3) is 95.0 Å². The molecule has 320 valence electrons. The van der Waals surface area contributed by atoms with Crippen molar-refractivity contribution in [1.82, 2.24) is 14.5 Å².